The molecule has 0 spiro atoms. The molecule has 0 unspecified atom stereocenters. The molecule has 0 radical (unpaired) electrons. The largest absolute Gasteiger partial charge is 0.398 e. The molecule has 21 heavy (non-hydrogen) atoms. The molecule has 3 N–H and O–H groups in total. The molecule has 2 heterocycles. The lowest BCUT2D eigenvalue weighted by Crippen LogP contribution is -2.07. The average molecular weight is 282 g/mol. The minimum atomic E-state index is 0.745. The van der Waals surface area contributed by atoms with E-state index in [1.807, 2.05) is 38.4 Å². The van der Waals surface area contributed by atoms with E-state index in [-0.39, 0.29) is 0 Å². The van der Waals surface area contributed by atoms with Crippen LogP contribution in [-0.2, 0) is 13.5 Å². The maximum atomic E-state index is 6.01. The van der Waals surface area contributed by atoms with E-state index in [0.717, 1.165) is 46.6 Å². The highest BCUT2D eigenvalue weighted by Crippen LogP contribution is 2.28. The second-order valence-electron chi connectivity index (χ2n) is 5.08. The van der Waals surface area contributed by atoms with Crippen LogP contribution in [0.15, 0.2) is 30.7 Å². The number of aromatic nitrogens is 4. The van der Waals surface area contributed by atoms with E-state index in [1.165, 1.54) is 0 Å². The number of fused-ring (bicyclic) bond motifs is 1. The van der Waals surface area contributed by atoms with Crippen molar-refractivity contribution in [2.75, 3.05) is 17.6 Å². The van der Waals surface area contributed by atoms with Crippen LogP contribution in [0.1, 0.15) is 11.5 Å². The Bertz CT molecular complexity index is 777. The van der Waals surface area contributed by atoms with Gasteiger partial charge in [0.15, 0.2) is 5.82 Å². The highest BCUT2D eigenvalue weighted by atomic mass is 15.3. The van der Waals surface area contributed by atoms with Crippen molar-refractivity contribution >= 4 is 22.1 Å². The number of hydrogen-bond acceptors (Lipinski definition) is 5. The SMILES string of the molecule is Cc1cc2c(NCCc3ncn(C)n3)ccc(N)c2cn1. The number of benzene rings is 1. The summed E-state index contributed by atoms with van der Waals surface area (Å²) in [4.78, 5) is 8.53. The van der Waals surface area contributed by atoms with Gasteiger partial charge >= 0.3 is 0 Å². The van der Waals surface area contributed by atoms with Crippen LogP contribution >= 0.6 is 0 Å². The van der Waals surface area contributed by atoms with Gasteiger partial charge in [-0.15, -0.1) is 0 Å². The van der Waals surface area contributed by atoms with Gasteiger partial charge in [0.25, 0.3) is 0 Å². The molecule has 0 aliphatic carbocycles. The van der Waals surface area contributed by atoms with E-state index in [9.17, 15) is 0 Å². The number of nitrogens with one attached hydrogen (secondary N) is 1. The number of nitrogen functional groups attached to an aromatic ring is 1. The molecule has 2 aromatic heterocycles. The zero-order valence-corrected chi connectivity index (χ0v) is 12.2. The Morgan fingerprint density at radius 2 is 2.10 bits per heavy atom. The van der Waals surface area contributed by atoms with Crippen molar-refractivity contribution in [2.45, 2.75) is 13.3 Å². The maximum absolute atomic E-state index is 6.01. The molecule has 0 atom stereocenters. The summed E-state index contributed by atoms with van der Waals surface area (Å²) in [5, 5.41) is 9.76. The van der Waals surface area contributed by atoms with Gasteiger partial charge in [-0.25, -0.2) is 4.98 Å². The number of pyridine rings is 1. The van der Waals surface area contributed by atoms with Crippen LogP contribution in [0.25, 0.3) is 10.8 Å². The minimum absolute atomic E-state index is 0.745. The molecule has 6 heteroatoms. The molecular formula is C15H18N6. The first-order chi connectivity index (χ1) is 10.1. The van der Waals surface area contributed by atoms with Crippen molar-refractivity contribution in [1.29, 1.82) is 0 Å². The zero-order valence-electron chi connectivity index (χ0n) is 12.2. The third-order valence-electron chi connectivity index (χ3n) is 3.38. The smallest absolute Gasteiger partial charge is 0.152 e. The lowest BCUT2D eigenvalue weighted by atomic mass is 10.1. The van der Waals surface area contributed by atoms with Crippen LogP contribution in [0.5, 0.6) is 0 Å². The number of rotatable bonds is 4. The molecule has 0 aliphatic heterocycles. The predicted molar refractivity (Wildman–Crippen MR) is 84.1 cm³/mol. The van der Waals surface area contributed by atoms with Gasteiger partial charge in [-0.3, -0.25) is 9.67 Å². The van der Waals surface area contributed by atoms with Crippen molar-refractivity contribution in [2.24, 2.45) is 7.05 Å². The van der Waals surface area contributed by atoms with E-state index >= 15 is 0 Å². The van der Waals surface area contributed by atoms with Crippen LogP contribution in [0.2, 0.25) is 0 Å². The molecule has 0 saturated heterocycles. The molecule has 3 rings (SSSR count). The Kier molecular flexibility index (Phi) is 3.43. The Hall–Kier alpha value is -2.63. The van der Waals surface area contributed by atoms with Crippen LogP contribution < -0.4 is 11.1 Å². The Labute approximate surface area is 123 Å². The molecule has 0 amide bonds. The molecule has 0 bridgehead atoms. The third-order valence-corrected chi connectivity index (χ3v) is 3.38. The normalized spacial score (nSPS) is 11.0. The zero-order chi connectivity index (χ0) is 14.8. The number of nitrogens with two attached hydrogens (primary N) is 1. The molecule has 0 fully saturated rings. The number of hydrogen-bond donors (Lipinski definition) is 2. The van der Waals surface area contributed by atoms with E-state index in [1.54, 1.807) is 11.0 Å². The van der Waals surface area contributed by atoms with E-state index < -0.39 is 0 Å². The molecule has 1 aromatic carbocycles. The number of anilines is 2. The molecule has 0 aliphatic rings. The average Bonchev–Trinajstić information content (AvgIpc) is 2.87. The third kappa shape index (κ3) is 2.79. The summed E-state index contributed by atoms with van der Waals surface area (Å²) in [5.41, 5.74) is 8.78. The van der Waals surface area contributed by atoms with Crippen molar-refractivity contribution in [3.63, 3.8) is 0 Å². The van der Waals surface area contributed by atoms with Gasteiger partial charge in [-0.05, 0) is 25.1 Å². The lowest BCUT2D eigenvalue weighted by molar-refractivity contribution is 0.742. The highest BCUT2D eigenvalue weighted by Gasteiger charge is 2.06. The Balaban J connectivity index is 1.80. The van der Waals surface area contributed by atoms with Crippen molar-refractivity contribution in [1.82, 2.24) is 19.7 Å². The minimum Gasteiger partial charge on any atom is -0.398 e. The molecule has 3 aromatic rings. The van der Waals surface area contributed by atoms with Gasteiger partial charge in [0.2, 0.25) is 0 Å². The van der Waals surface area contributed by atoms with E-state index in [0.29, 0.717) is 0 Å². The fourth-order valence-corrected chi connectivity index (χ4v) is 2.33. The van der Waals surface area contributed by atoms with Crippen molar-refractivity contribution < 1.29 is 0 Å². The molecule has 6 nitrogen and oxygen atoms in total. The van der Waals surface area contributed by atoms with Crippen LogP contribution in [0, 0.1) is 6.92 Å². The fourth-order valence-electron chi connectivity index (χ4n) is 2.33. The standard InChI is InChI=1S/C15H18N6/c1-10-7-11-12(8-18-10)13(16)3-4-14(11)17-6-5-15-19-9-21(2)20-15/h3-4,7-9,17H,5-6,16H2,1-2H3. The van der Waals surface area contributed by atoms with Crippen LogP contribution in [0.3, 0.4) is 0 Å². The van der Waals surface area contributed by atoms with Gasteiger partial charge in [0.1, 0.15) is 6.33 Å². The molecule has 0 saturated carbocycles. The highest BCUT2D eigenvalue weighted by molar-refractivity contribution is 6.00. The van der Waals surface area contributed by atoms with Crippen molar-refractivity contribution in [3.05, 3.63) is 42.2 Å². The summed E-state index contributed by atoms with van der Waals surface area (Å²) >= 11 is 0. The number of aryl methyl sites for hydroxylation is 2. The quantitative estimate of drug-likeness (QED) is 0.714. The van der Waals surface area contributed by atoms with Gasteiger partial charge in [-0.1, -0.05) is 0 Å². The lowest BCUT2D eigenvalue weighted by Gasteiger charge is -2.11. The van der Waals surface area contributed by atoms with Crippen molar-refractivity contribution in [3.8, 4) is 0 Å². The first-order valence-corrected chi connectivity index (χ1v) is 6.87. The van der Waals surface area contributed by atoms with Gasteiger partial charge in [0.05, 0.1) is 0 Å². The van der Waals surface area contributed by atoms with Gasteiger partial charge in [0, 0.05) is 54.1 Å². The second-order valence-corrected chi connectivity index (χ2v) is 5.08. The molecule has 108 valence electrons. The first-order valence-electron chi connectivity index (χ1n) is 6.87. The van der Waals surface area contributed by atoms with Gasteiger partial charge in [-0.2, -0.15) is 5.10 Å². The van der Waals surface area contributed by atoms with E-state index in [4.69, 9.17) is 5.73 Å². The second kappa shape index (κ2) is 5.40. The first kappa shape index (κ1) is 13.4. The summed E-state index contributed by atoms with van der Waals surface area (Å²) < 4.78 is 1.71. The summed E-state index contributed by atoms with van der Waals surface area (Å²) in [6, 6.07) is 5.96. The van der Waals surface area contributed by atoms with E-state index in [2.05, 4.69) is 20.4 Å². The topological polar surface area (TPSA) is 81.7 Å². The van der Waals surface area contributed by atoms with Crippen LogP contribution in [-0.4, -0.2) is 26.3 Å². The summed E-state index contributed by atoms with van der Waals surface area (Å²) in [6.45, 7) is 2.74. The summed E-state index contributed by atoms with van der Waals surface area (Å²) in [6.07, 6.45) is 4.31. The molecular weight excluding hydrogens is 264 g/mol. The van der Waals surface area contributed by atoms with Gasteiger partial charge < -0.3 is 11.1 Å². The number of nitrogens with zero attached hydrogens (tertiary/aromatic N) is 4. The monoisotopic (exact) mass is 282 g/mol. The maximum Gasteiger partial charge on any atom is 0.152 e. The Morgan fingerprint density at radius 1 is 1.24 bits per heavy atom. The summed E-state index contributed by atoms with van der Waals surface area (Å²) in [5.74, 6) is 0.836. The predicted octanol–water partition coefficient (Wildman–Crippen LogP) is 1.91. The Morgan fingerprint density at radius 3 is 2.86 bits per heavy atom. The van der Waals surface area contributed by atoms with Crippen LogP contribution in [0.4, 0.5) is 11.4 Å². The summed E-state index contributed by atoms with van der Waals surface area (Å²) in [7, 11) is 1.87. The fraction of sp³-hybridized carbons (Fsp3) is 0.267.